The largest absolute Gasteiger partial charge is 0.478 e. The van der Waals surface area contributed by atoms with Crippen molar-refractivity contribution in [1.82, 2.24) is 9.47 Å². The van der Waals surface area contributed by atoms with Crippen LogP contribution in [0.1, 0.15) is 35.7 Å². The summed E-state index contributed by atoms with van der Waals surface area (Å²) in [6.45, 7) is 4.73. The van der Waals surface area contributed by atoms with Crippen molar-refractivity contribution in [3.8, 4) is 0 Å². The Kier molecular flexibility index (Phi) is 4.81. The van der Waals surface area contributed by atoms with Crippen LogP contribution in [-0.2, 0) is 16.0 Å². The third-order valence-electron chi connectivity index (χ3n) is 5.87. The SMILES string of the molecule is Cc1ccc2c3c4n(c2c1)C=C[C@H]1CCCN(CC3)[C@H]41.O=C(O)/C=C\C(=O)O. The van der Waals surface area contributed by atoms with Crippen molar-refractivity contribution in [3.63, 3.8) is 0 Å². The molecule has 0 bridgehead atoms. The van der Waals surface area contributed by atoms with Crippen molar-refractivity contribution >= 4 is 29.0 Å². The fraction of sp³-hybridized carbons (Fsp3) is 0.364. The molecule has 1 aromatic carbocycles. The van der Waals surface area contributed by atoms with Gasteiger partial charge in [-0.3, -0.25) is 4.90 Å². The molecule has 6 nitrogen and oxygen atoms in total. The van der Waals surface area contributed by atoms with Gasteiger partial charge in [0, 0.05) is 36.0 Å². The quantitative estimate of drug-likeness (QED) is 0.780. The maximum absolute atomic E-state index is 9.55. The van der Waals surface area contributed by atoms with Crippen molar-refractivity contribution in [1.29, 1.82) is 0 Å². The van der Waals surface area contributed by atoms with Crippen molar-refractivity contribution < 1.29 is 19.8 Å². The zero-order valence-electron chi connectivity index (χ0n) is 15.8. The molecule has 3 aliphatic heterocycles. The average molecular weight is 380 g/mol. The zero-order valence-corrected chi connectivity index (χ0v) is 15.8. The van der Waals surface area contributed by atoms with E-state index in [2.05, 4.69) is 46.9 Å². The van der Waals surface area contributed by atoms with Gasteiger partial charge in [-0.25, -0.2) is 9.59 Å². The lowest BCUT2D eigenvalue weighted by Gasteiger charge is -2.45. The molecule has 2 atom stereocenters. The Morgan fingerprint density at radius 3 is 2.61 bits per heavy atom. The zero-order chi connectivity index (χ0) is 19.8. The fourth-order valence-electron chi connectivity index (χ4n) is 4.77. The van der Waals surface area contributed by atoms with E-state index < -0.39 is 11.9 Å². The summed E-state index contributed by atoms with van der Waals surface area (Å²) in [5, 5.41) is 17.1. The number of fused-ring (bicyclic) bond motifs is 3. The topological polar surface area (TPSA) is 82.8 Å². The summed E-state index contributed by atoms with van der Waals surface area (Å²) >= 11 is 0. The van der Waals surface area contributed by atoms with Crippen molar-refractivity contribution in [2.24, 2.45) is 5.92 Å². The summed E-state index contributed by atoms with van der Waals surface area (Å²) in [5.74, 6) is -1.78. The van der Waals surface area contributed by atoms with Crippen LogP contribution < -0.4 is 0 Å². The number of aryl methyl sites for hydroxylation is 1. The van der Waals surface area contributed by atoms with Crippen LogP contribution in [0.4, 0.5) is 0 Å². The monoisotopic (exact) mass is 380 g/mol. The molecule has 3 aliphatic rings. The highest BCUT2D eigenvalue weighted by Gasteiger charge is 2.40. The number of hydrogen-bond acceptors (Lipinski definition) is 3. The van der Waals surface area contributed by atoms with Gasteiger partial charge in [0.2, 0.25) is 0 Å². The molecule has 1 fully saturated rings. The van der Waals surface area contributed by atoms with E-state index in [0.29, 0.717) is 18.2 Å². The van der Waals surface area contributed by atoms with Crippen LogP contribution in [0, 0.1) is 12.8 Å². The average Bonchev–Trinajstić information content (AvgIpc) is 2.99. The molecule has 28 heavy (non-hydrogen) atoms. The third kappa shape index (κ3) is 3.24. The van der Waals surface area contributed by atoms with Crippen LogP contribution in [-0.4, -0.2) is 44.7 Å². The molecule has 4 heterocycles. The van der Waals surface area contributed by atoms with Gasteiger partial charge >= 0.3 is 11.9 Å². The van der Waals surface area contributed by atoms with E-state index >= 15 is 0 Å². The van der Waals surface area contributed by atoms with Gasteiger partial charge in [0.05, 0.1) is 11.6 Å². The Balaban J connectivity index is 0.000000208. The molecule has 2 aromatic rings. The molecule has 146 valence electrons. The first kappa shape index (κ1) is 18.5. The first-order valence-corrected chi connectivity index (χ1v) is 9.65. The summed E-state index contributed by atoms with van der Waals surface area (Å²) in [7, 11) is 0. The van der Waals surface area contributed by atoms with Gasteiger partial charge < -0.3 is 14.8 Å². The molecule has 5 rings (SSSR count). The van der Waals surface area contributed by atoms with Gasteiger partial charge in [0.15, 0.2) is 0 Å². The summed E-state index contributed by atoms with van der Waals surface area (Å²) in [4.78, 5) is 21.8. The highest BCUT2D eigenvalue weighted by Crippen LogP contribution is 2.47. The third-order valence-corrected chi connectivity index (χ3v) is 5.87. The predicted octanol–water partition coefficient (Wildman–Crippen LogP) is 3.46. The molecule has 1 saturated heterocycles. The van der Waals surface area contributed by atoms with Gasteiger partial charge in [-0.1, -0.05) is 18.2 Å². The van der Waals surface area contributed by atoms with Crippen molar-refractivity contribution in [2.45, 2.75) is 32.2 Å². The van der Waals surface area contributed by atoms with E-state index in [-0.39, 0.29) is 0 Å². The number of carboxylic acid groups (broad SMARTS) is 2. The summed E-state index contributed by atoms with van der Waals surface area (Å²) in [6.07, 6.45) is 9.86. The summed E-state index contributed by atoms with van der Waals surface area (Å²) in [5.41, 5.74) is 6.00. The molecule has 0 amide bonds. The van der Waals surface area contributed by atoms with Gasteiger partial charge in [-0.05, 0) is 55.8 Å². The Labute approximate surface area is 163 Å². The second-order valence-corrected chi connectivity index (χ2v) is 7.64. The minimum absolute atomic E-state index is 0.558. The van der Waals surface area contributed by atoms with Crippen molar-refractivity contribution in [2.75, 3.05) is 13.1 Å². The number of carboxylic acids is 2. The van der Waals surface area contributed by atoms with Gasteiger partial charge in [-0.15, -0.1) is 0 Å². The fourth-order valence-corrected chi connectivity index (χ4v) is 4.77. The maximum atomic E-state index is 9.55. The number of rotatable bonds is 2. The van der Waals surface area contributed by atoms with E-state index in [4.69, 9.17) is 10.2 Å². The Hall–Kier alpha value is -2.86. The number of aliphatic carboxylic acids is 2. The standard InChI is InChI=1S/C18H20N2.C4H4O4/c1-12-4-5-14-15-7-9-19-8-2-3-13-6-10-20(16(14)11-12)18(15)17(13)19;5-3(6)1-2-4(7)8/h4-6,10-11,13,17H,2-3,7-9H2,1H3;1-2H,(H,5,6)(H,7,8)/b;2-1-/t13-,17+;/m1./s1. The summed E-state index contributed by atoms with van der Waals surface area (Å²) in [6, 6.07) is 7.60. The molecule has 0 unspecified atom stereocenters. The van der Waals surface area contributed by atoms with E-state index in [0.717, 1.165) is 5.92 Å². The molecule has 0 aliphatic carbocycles. The molecule has 0 saturated carbocycles. The molecule has 2 N–H and O–H groups in total. The second kappa shape index (κ2) is 7.28. The first-order valence-electron chi connectivity index (χ1n) is 9.65. The minimum atomic E-state index is -1.26. The number of benzene rings is 1. The van der Waals surface area contributed by atoms with Crippen LogP contribution in [0.15, 0.2) is 36.4 Å². The van der Waals surface area contributed by atoms with E-state index in [1.165, 1.54) is 48.8 Å². The van der Waals surface area contributed by atoms with Crippen LogP contribution in [0.3, 0.4) is 0 Å². The van der Waals surface area contributed by atoms with Crippen LogP contribution in [0.5, 0.6) is 0 Å². The number of aromatic nitrogens is 1. The second-order valence-electron chi connectivity index (χ2n) is 7.64. The lowest BCUT2D eigenvalue weighted by Crippen LogP contribution is -2.44. The van der Waals surface area contributed by atoms with Gasteiger partial charge in [0.25, 0.3) is 0 Å². The normalized spacial score (nSPS) is 22.6. The van der Waals surface area contributed by atoms with Gasteiger partial charge in [-0.2, -0.15) is 0 Å². The van der Waals surface area contributed by atoms with E-state index in [9.17, 15) is 9.59 Å². The number of carbonyl (C=O) groups is 2. The summed E-state index contributed by atoms with van der Waals surface area (Å²) < 4.78 is 2.48. The number of nitrogens with zero attached hydrogens (tertiary/aromatic N) is 2. The molecular formula is C22H24N2O4. The number of piperidine rings is 1. The molecule has 1 aromatic heterocycles. The van der Waals surface area contributed by atoms with Crippen molar-refractivity contribution in [3.05, 3.63) is 53.2 Å². The predicted molar refractivity (Wildman–Crippen MR) is 107 cm³/mol. The smallest absolute Gasteiger partial charge is 0.328 e. The molecular weight excluding hydrogens is 356 g/mol. The maximum Gasteiger partial charge on any atom is 0.328 e. The Morgan fingerprint density at radius 1 is 1.14 bits per heavy atom. The number of hydrogen-bond donors (Lipinski definition) is 2. The van der Waals surface area contributed by atoms with Crippen LogP contribution in [0.2, 0.25) is 0 Å². The first-order chi connectivity index (χ1) is 13.5. The highest BCUT2D eigenvalue weighted by molar-refractivity contribution is 5.90. The lowest BCUT2D eigenvalue weighted by molar-refractivity contribution is -0.134. The molecule has 0 radical (unpaired) electrons. The van der Waals surface area contributed by atoms with Gasteiger partial charge in [0.1, 0.15) is 0 Å². The lowest BCUT2D eigenvalue weighted by atomic mass is 9.81. The highest BCUT2D eigenvalue weighted by atomic mass is 16.4. The van der Waals surface area contributed by atoms with E-state index in [1.807, 2.05) is 0 Å². The van der Waals surface area contributed by atoms with Crippen LogP contribution in [0.25, 0.3) is 17.1 Å². The minimum Gasteiger partial charge on any atom is -0.478 e. The Morgan fingerprint density at radius 2 is 1.89 bits per heavy atom. The molecule has 0 spiro atoms. The Bertz CT molecular complexity index is 986. The van der Waals surface area contributed by atoms with Crippen LogP contribution >= 0.6 is 0 Å². The van der Waals surface area contributed by atoms with E-state index in [1.54, 1.807) is 11.3 Å². The molecule has 6 heteroatoms.